The Morgan fingerprint density at radius 3 is 2.23 bits per heavy atom. The average Bonchev–Trinajstić information content (AvgIpc) is 2.62. The second kappa shape index (κ2) is 10.1. The van der Waals surface area contributed by atoms with Crippen LogP contribution in [0.15, 0.2) is 24.3 Å². The van der Waals surface area contributed by atoms with E-state index in [4.69, 9.17) is 0 Å². The molecule has 1 saturated heterocycles. The van der Waals surface area contributed by atoms with Gasteiger partial charge in [0.2, 0.25) is 0 Å². The summed E-state index contributed by atoms with van der Waals surface area (Å²) in [5.74, 6) is 0.415. The zero-order chi connectivity index (χ0) is 19.1. The van der Waals surface area contributed by atoms with Crippen LogP contribution in [0.4, 0.5) is 5.69 Å². The Labute approximate surface area is 160 Å². The summed E-state index contributed by atoms with van der Waals surface area (Å²) < 4.78 is 0. The first-order valence-corrected chi connectivity index (χ1v) is 10.2. The predicted octanol–water partition coefficient (Wildman–Crippen LogP) is 3.65. The van der Waals surface area contributed by atoms with Gasteiger partial charge in [-0.25, -0.2) is 0 Å². The number of anilines is 1. The topological polar surface area (TPSA) is 26.8 Å². The highest BCUT2D eigenvalue weighted by Crippen LogP contribution is 2.19. The van der Waals surface area contributed by atoms with E-state index in [0.717, 1.165) is 32.7 Å². The second-order valence-corrected chi connectivity index (χ2v) is 8.12. The van der Waals surface area contributed by atoms with Crippen molar-refractivity contribution in [3.63, 3.8) is 0 Å². The Kier molecular flexibility index (Phi) is 8.11. The Bertz CT molecular complexity index is 547. The van der Waals surface area contributed by atoms with E-state index in [-0.39, 0.29) is 5.92 Å². The van der Waals surface area contributed by atoms with Gasteiger partial charge < -0.3 is 4.90 Å². The summed E-state index contributed by atoms with van der Waals surface area (Å²) in [6, 6.07) is 9.58. The molecule has 1 aromatic rings. The van der Waals surface area contributed by atoms with Gasteiger partial charge in [-0.05, 0) is 38.1 Å². The Balaban J connectivity index is 1.83. The highest BCUT2D eigenvalue weighted by atomic mass is 16.1. The molecular formula is C22H37N3O. The normalized spacial score (nSPS) is 17.1. The van der Waals surface area contributed by atoms with E-state index in [1.165, 1.54) is 24.1 Å². The first-order valence-electron chi connectivity index (χ1n) is 10.2. The molecule has 0 N–H and O–H groups in total. The molecule has 0 saturated carbocycles. The number of rotatable bonds is 9. The van der Waals surface area contributed by atoms with Crippen molar-refractivity contribution in [2.24, 2.45) is 5.92 Å². The number of carbonyl (C=O) groups is 1. The van der Waals surface area contributed by atoms with Crippen LogP contribution in [0, 0.1) is 5.92 Å². The highest BCUT2D eigenvalue weighted by molar-refractivity contribution is 5.82. The maximum absolute atomic E-state index is 11.9. The van der Waals surface area contributed by atoms with E-state index in [1.807, 2.05) is 20.9 Å². The minimum absolute atomic E-state index is 0.110. The van der Waals surface area contributed by atoms with E-state index in [9.17, 15) is 4.79 Å². The fourth-order valence-corrected chi connectivity index (χ4v) is 3.65. The molecule has 1 aromatic carbocycles. The zero-order valence-corrected chi connectivity index (χ0v) is 17.4. The number of likely N-dealkylation sites (N-methyl/N-ethyl adjacent to an activating group) is 1. The van der Waals surface area contributed by atoms with Crippen LogP contribution in [0.1, 0.15) is 46.1 Å². The van der Waals surface area contributed by atoms with Gasteiger partial charge in [0.1, 0.15) is 5.78 Å². The molecule has 0 amide bonds. The van der Waals surface area contributed by atoms with E-state index >= 15 is 0 Å². The quantitative estimate of drug-likeness (QED) is 0.672. The van der Waals surface area contributed by atoms with Gasteiger partial charge in [-0.2, -0.15) is 0 Å². The van der Waals surface area contributed by atoms with Crippen molar-refractivity contribution in [2.45, 2.75) is 53.1 Å². The van der Waals surface area contributed by atoms with Crippen molar-refractivity contribution >= 4 is 11.5 Å². The molecule has 146 valence electrons. The molecule has 4 nitrogen and oxygen atoms in total. The van der Waals surface area contributed by atoms with Crippen LogP contribution in [0.25, 0.3) is 0 Å². The lowest BCUT2D eigenvalue weighted by molar-refractivity contribution is -0.122. The van der Waals surface area contributed by atoms with Gasteiger partial charge in [-0.3, -0.25) is 14.6 Å². The first-order chi connectivity index (χ1) is 12.4. The molecule has 0 aliphatic carbocycles. The van der Waals surface area contributed by atoms with Crippen LogP contribution in [-0.4, -0.2) is 61.4 Å². The third-order valence-electron chi connectivity index (χ3n) is 5.47. The lowest BCUT2D eigenvalue weighted by Gasteiger charge is -2.39. The summed E-state index contributed by atoms with van der Waals surface area (Å²) in [6.07, 6.45) is 2.56. The van der Waals surface area contributed by atoms with Crippen molar-refractivity contribution in [3.8, 4) is 0 Å². The molecule has 0 aromatic heterocycles. The largest absolute Gasteiger partial charge is 0.369 e. The molecule has 4 heteroatoms. The number of benzene rings is 1. The summed E-state index contributed by atoms with van der Waals surface area (Å²) in [7, 11) is 2.02. The third kappa shape index (κ3) is 6.10. The summed E-state index contributed by atoms with van der Waals surface area (Å²) >= 11 is 0. The monoisotopic (exact) mass is 359 g/mol. The maximum Gasteiger partial charge on any atom is 0.149 e. The maximum atomic E-state index is 11.9. The van der Waals surface area contributed by atoms with Crippen molar-refractivity contribution in [3.05, 3.63) is 29.8 Å². The molecule has 1 aliphatic heterocycles. The molecule has 1 unspecified atom stereocenters. The molecular weight excluding hydrogens is 322 g/mol. The lowest BCUT2D eigenvalue weighted by atomic mass is 10.1. The molecule has 1 atom stereocenters. The van der Waals surface area contributed by atoms with Crippen molar-refractivity contribution in [2.75, 3.05) is 44.7 Å². The molecule has 0 spiro atoms. The fourth-order valence-electron chi connectivity index (χ4n) is 3.65. The van der Waals surface area contributed by atoms with Crippen LogP contribution in [-0.2, 0) is 11.3 Å². The number of piperazine rings is 1. The van der Waals surface area contributed by atoms with Crippen molar-refractivity contribution in [1.82, 2.24) is 9.80 Å². The molecule has 1 heterocycles. The minimum atomic E-state index is 0.110. The Morgan fingerprint density at radius 1 is 1.08 bits per heavy atom. The molecule has 0 bridgehead atoms. The van der Waals surface area contributed by atoms with E-state index in [1.54, 1.807) is 0 Å². The van der Waals surface area contributed by atoms with Crippen LogP contribution in [0.3, 0.4) is 0 Å². The molecule has 26 heavy (non-hydrogen) atoms. The third-order valence-corrected chi connectivity index (χ3v) is 5.47. The van der Waals surface area contributed by atoms with Gasteiger partial charge in [0, 0.05) is 50.4 Å². The molecule has 1 aliphatic rings. The number of carbonyl (C=O) groups excluding carboxylic acids is 1. The lowest BCUT2D eigenvalue weighted by Crippen LogP contribution is -2.49. The van der Waals surface area contributed by atoms with Crippen LogP contribution in [0.5, 0.6) is 0 Å². The van der Waals surface area contributed by atoms with Gasteiger partial charge in [0.05, 0.1) is 6.54 Å². The van der Waals surface area contributed by atoms with Gasteiger partial charge in [-0.15, -0.1) is 0 Å². The van der Waals surface area contributed by atoms with Gasteiger partial charge in [0.25, 0.3) is 0 Å². The van der Waals surface area contributed by atoms with Crippen LogP contribution in [0.2, 0.25) is 0 Å². The minimum Gasteiger partial charge on any atom is -0.369 e. The zero-order valence-electron chi connectivity index (χ0n) is 17.4. The summed E-state index contributed by atoms with van der Waals surface area (Å²) in [4.78, 5) is 19.1. The first kappa shape index (κ1) is 20.9. The molecule has 2 rings (SSSR count). The summed E-state index contributed by atoms with van der Waals surface area (Å²) in [5.41, 5.74) is 2.58. The predicted molar refractivity (Wildman–Crippen MR) is 111 cm³/mol. The van der Waals surface area contributed by atoms with Gasteiger partial charge in [-0.1, -0.05) is 39.3 Å². The fraction of sp³-hybridized carbons (Fsp3) is 0.682. The Hall–Kier alpha value is -1.39. The van der Waals surface area contributed by atoms with Gasteiger partial charge in [0.15, 0.2) is 0 Å². The number of nitrogens with zero attached hydrogens (tertiary/aromatic N) is 3. The molecule has 1 fully saturated rings. The van der Waals surface area contributed by atoms with E-state index < -0.39 is 0 Å². The SMILES string of the molecule is CCCC(C)N1CCN(c2ccc(CN(C)CC(=O)C(C)C)cc2)CC1. The summed E-state index contributed by atoms with van der Waals surface area (Å²) in [6.45, 7) is 14.4. The van der Waals surface area contributed by atoms with E-state index in [0.29, 0.717) is 18.4 Å². The number of ketones is 1. The highest BCUT2D eigenvalue weighted by Gasteiger charge is 2.20. The number of hydrogen-bond donors (Lipinski definition) is 0. The number of Topliss-reactive ketones (excluding diaryl/α,β-unsaturated/α-hetero) is 1. The second-order valence-electron chi connectivity index (χ2n) is 8.12. The summed E-state index contributed by atoms with van der Waals surface area (Å²) in [5, 5.41) is 0. The van der Waals surface area contributed by atoms with Crippen LogP contribution >= 0.6 is 0 Å². The Morgan fingerprint density at radius 2 is 1.69 bits per heavy atom. The standard InChI is InChI=1S/C22H37N3O/c1-6-7-19(4)24-12-14-25(15-13-24)21-10-8-20(9-11-21)16-23(5)17-22(26)18(2)3/h8-11,18-19H,6-7,12-17H2,1-5H3. The van der Waals surface area contributed by atoms with Crippen molar-refractivity contribution in [1.29, 1.82) is 0 Å². The number of hydrogen-bond acceptors (Lipinski definition) is 4. The van der Waals surface area contributed by atoms with Crippen LogP contribution < -0.4 is 4.90 Å². The van der Waals surface area contributed by atoms with E-state index in [2.05, 4.69) is 52.8 Å². The molecule has 0 radical (unpaired) electrons. The van der Waals surface area contributed by atoms with Crippen molar-refractivity contribution < 1.29 is 4.79 Å². The smallest absolute Gasteiger partial charge is 0.149 e. The average molecular weight is 360 g/mol. The van der Waals surface area contributed by atoms with Gasteiger partial charge >= 0.3 is 0 Å².